The van der Waals surface area contributed by atoms with Crippen LogP contribution in [0.4, 0.5) is 21.9 Å². The van der Waals surface area contributed by atoms with Crippen LogP contribution in [-0.4, -0.2) is 29.2 Å². The Labute approximate surface area is 190 Å². The van der Waals surface area contributed by atoms with Gasteiger partial charge in [-0.25, -0.2) is 9.78 Å². The van der Waals surface area contributed by atoms with Crippen molar-refractivity contribution in [3.8, 4) is 5.75 Å². The van der Waals surface area contributed by atoms with Crippen molar-refractivity contribution in [3.63, 3.8) is 0 Å². The number of hydrogen-bond donors (Lipinski definition) is 2. The van der Waals surface area contributed by atoms with Gasteiger partial charge in [-0.3, -0.25) is 0 Å². The molecular formula is C24H22ClN5O2. The van der Waals surface area contributed by atoms with Crippen LogP contribution in [0.2, 0.25) is 5.02 Å². The third kappa shape index (κ3) is 3.94. The number of benzene rings is 3. The second-order valence-corrected chi connectivity index (χ2v) is 8.00. The highest BCUT2D eigenvalue weighted by Crippen LogP contribution is 2.32. The van der Waals surface area contributed by atoms with Crippen molar-refractivity contribution in [2.75, 3.05) is 29.2 Å². The van der Waals surface area contributed by atoms with Gasteiger partial charge in [-0.2, -0.15) is 0 Å². The van der Waals surface area contributed by atoms with E-state index in [4.69, 9.17) is 21.3 Å². The van der Waals surface area contributed by atoms with Crippen molar-refractivity contribution in [1.82, 2.24) is 9.55 Å². The van der Waals surface area contributed by atoms with Gasteiger partial charge in [-0.15, -0.1) is 0 Å². The van der Waals surface area contributed by atoms with Crippen LogP contribution < -0.4 is 20.3 Å². The van der Waals surface area contributed by atoms with E-state index in [1.807, 2.05) is 66.7 Å². The second-order valence-electron chi connectivity index (χ2n) is 7.56. The van der Waals surface area contributed by atoms with Crippen LogP contribution in [0.5, 0.6) is 5.75 Å². The molecule has 0 saturated carbocycles. The molecule has 2 amide bonds. The van der Waals surface area contributed by atoms with Gasteiger partial charge in [0, 0.05) is 35.6 Å². The fourth-order valence-electron chi connectivity index (χ4n) is 4.00. The molecule has 1 aliphatic heterocycles. The summed E-state index contributed by atoms with van der Waals surface area (Å²) in [6, 6.07) is 20.6. The van der Waals surface area contributed by atoms with Crippen molar-refractivity contribution in [3.05, 3.63) is 77.6 Å². The summed E-state index contributed by atoms with van der Waals surface area (Å²) in [6.45, 7) is 2.34. The zero-order chi connectivity index (χ0) is 22.1. The van der Waals surface area contributed by atoms with Gasteiger partial charge in [0.2, 0.25) is 0 Å². The highest BCUT2D eigenvalue weighted by atomic mass is 35.5. The minimum Gasteiger partial charge on any atom is -0.494 e. The lowest BCUT2D eigenvalue weighted by Gasteiger charge is -2.30. The maximum absolute atomic E-state index is 12.4. The van der Waals surface area contributed by atoms with Gasteiger partial charge >= 0.3 is 6.03 Å². The van der Waals surface area contributed by atoms with Gasteiger partial charge in [-0.1, -0.05) is 29.8 Å². The molecule has 3 aromatic carbocycles. The molecule has 0 saturated heterocycles. The monoisotopic (exact) mass is 447 g/mol. The van der Waals surface area contributed by atoms with Crippen LogP contribution in [0.15, 0.2) is 66.7 Å². The summed E-state index contributed by atoms with van der Waals surface area (Å²) < 4.78 is 7.79. The first-order valence-electron chi connectivity index (χ1n) is 10.3. The van der Waals surface area contributed by atoms with E-state index in [0.29, 0.717) is 23.0 Å². The molecule has 2 heterocycles. The Balaban J connectivity index is 1.34. The average Bonchev–Trinajstić information content (AvgIpc) is 3.16. The number of para-hydroxylation sites is 1. The molecule has 0 unspecified atom stereocenters. The number of nitrogens with zero attached hydrogens (tertiary/aromatic N) is 3. The van der Waals surface area contributed by atoms with Crippen LogP contribution in [0, 0.1) is 0 Å². The Hall–Kier alpha value is -3.71. The van der Waals surface area contributed by atoms with Crippen LogP contribution in [0.3, 0.4) is 0 Å². The third-order valence-corrected chi connectivity index (χ3v) is 5.78. The van der Waals surface area contributed by atoms with Gasteiger partial charge in [0.15, 0.2) is 0 Å². The van der Waals surface area contributed by atoms with Crippen molar-refractivity contribution in [1.29, 1.82) is 0 Å². The first kappa shape index (κ1) is 20.2. The minimum absolute atomic E-state index is 0.326. The number of methoxy groups -OCH3 is 1. The van der Waals surface area contributed by atoms with E-state index in [0.717, 1.165) is 41.3 Å². The van der Waals surface area contributed by atoms with E-state index >= 15 is 0 Å². The molecule has 4 aromatic rings. The van der Waals surface area contributed by atoms with Crippen LogP contribution in [0.1, 0.15) is 5.82 Å². The van der Waals surface area contributed by atoms with E-state index in [1.54, 1.807) is 7.11 Å². The van der Waals surface area contributed by atoms with Crippen molar-refractivity contribution >= 4 is 45.7 Å². The Bertz CT molecular complexity index is 1290. The van der Waals surface area contributed by atoms with E-state index in [2.05, 4.69) is 20.1 Å². The van der Waals surface area contributed by atoms with Crippen molar-refractivity contribution in [2.24, 2.45) is 0 Å². The average molecular weight is 448 g/mol. The summed E-state index contributed by atoms with van der Waals surface area (Å²) in [6.07, 6.45) is 0. The molecule has 1 aliphatic rings. The molecule has 8 heteroatoms. The highest BCUT2D eigenvalue weighted by molar-refractivity contribution is 6.31. The summed E-state index contributed by atoms with van der Waals surface area (Å²) in [5.41, 5.74) is 4.34. The fourth-order valence-corrected chi connectivity index (χ4v) is 4.17. The highest BCUT2D eigenvalue weighted by Gasteiger charge is 2.21. The summed E-state index contributed by atoms with van der Waals surface area (Å²) in [5, 5.41) is 6.36. The summed E-state index contributed by atoms with van der Waals surface area (Å²) >= 11 is 6.13. The molecule has 0 radical (unpaired) electrons. The molecule has 0 bridgehead atoms. The first-order valence-corrected chi connectivity index (χ1v) is 10.7. The van der Waals surface area contributed by atoms with Gasteiger partial charge in [0.05, 0.1) is 30.4 Å². The molecule has 7 nitrogen and oxygen atoms in total. The van der Waals surface area contributed by atoms with Gasteiger partial charge in [0.1, 0.15) is 11.6 Å². The smallest absolute Gasteiger partial charge is 0.323 e. The summed E-state index contributed by atoms with van der Waals surface area (Å²) in [5.74, 6) is 1.59. The number of nitrogens with one attached hydrogen (secondary N) is 2. The van der Waals surface area contributed by atoms with Gasteiger partial charge < -0.3 is 24.8 Å². The molecule has 32 heavy (non-hydrogen) atoms. The topological polar surface area (TPSA) is 71.4 Å². The maximum atomic E-state index is 12.4. The molecular weight excluding hydrogens is 426 g/mol. The van der Waals surface area contributed by atoms with E-state index < -0.39 is 0 Å². The second kappa shape index (κ2) is 8.43. The number of urea groups is 1. The molecule has 162 valence electrons. The molecule has 0 aliphatic carbocycles. The molecule has 0 spiro atoms. The summed E-state index contributed by atoms with van der Waals surface area (Å²) in [7, 11) is 1.60. The van der Waals surface area contributed by atoms with Crippen LogP contribution >= 0.6 is 11.6 Å². The number of carbonyl (C=O) groups excluding carboxylic acids is 1. The number of halogens is 1. The normalized spacial score (nSPS) is 13.0. The number of aromatic nitrogens is 2. The van der Waals surface area contributed by atoms with Crippen LogP contribution in [-0.2, 0) is 13.1 Å². The lowest BCUT2D eigenvalue weighted by Crippen LogP contribution is -2.33. The Morgan fingerprint density at radius 3 is 2.69 bits per heavy atom. The quantitative estimate of drug-likeness (QED) is 0.441. The number of fused-ring (bicyclic) bond motifs is 3. The number of anilines is 3. The van der Waals surface area contributed by atoms with Gasteiger partial charge in [-0.05, 0) is 42.5 Å². The van der Waals surface area contributed by atoms with Gasteiger partial charge in [0.25, 0.3) is 0 Å². The maximum Gasteiger partial charge on any atom is 0.323 e. The molecule has 1 aromatic heterocycles. The SMILES string of the molecule is COc1cc(N2CCn3c(nc4cc(Cl)ccc43)C2)ccc1NC(=O)Nc1ccccc1. The molecule has 5 rings (SSSR count). The summed E-state index contributed by atoms with van der Waals surface area (Å²) in [4.78, 5) is 19.4. The van der Waals surface area contributed by atoms with E-state index in [9.17, 15) is 4.79 Å². The zero-order valence-corrected chi connectivity index (χ0v) is 18.3. The van der Waals surface area contributed by atoms with Crippen molar-refractivity contribution in [2.45, 2.75) is 13.1 Å². The number of ether oxygens (including phenoxy) is 1. The molecule has 0 atom stereocenters. The van der Waals surface area contributed by atoms with E-state index in [1.165, 1.54) is 0 Å². The number of carbonyl (C=O) groups is 1. The number of hydrogen-bond acceptors (Lipinski definition) is 4. The largest absolute Gasteiger partial charge is 0.494 e. The predicted octanol–water partition coefficient (Wildman–Crippen LogP) is 5.36. The Morgan fingerprint density at radius 1 is 1.03 bits per heavy atom. The molecule has 0 fully saturated rings. The first-order chi connectivity index (χ1) is 15.6. The number of imidazole rings is 1. The lowest BCUT2D eigenvalue weighted by molar-refractivity contribution is 0.262. The lowest BCUT2D eigenvalue weighted by atomic mass is 10.2. The Morgan fingerprint density at radius 2 is 1.88 bits per heavy atom. The number of amides is 2. The van der Waals surface area contributed by atoms with E-state index in [-0.39, 0.29) is 6.03 Å². The van der Waals surface area contributed by atoms with Crippen LogP contribution in [0.25, 0.3) is 11.0 Å². The molecule has 2 N–H and O–H groups in total. The zero-order valence-electron chi connectivity index (χ0n) is 17.5. The standard InChI is InChI=1S/C24H22ClN5O2/c1-32-22-14-18(8-9-19(22)28-24(31)26-17-5-3-2-4-6-17)29-11-12-30-21-10-7-16(25)13-20(21)27-23(30)15-29/h2-10,13-14H,11-12,15H2,1H3,(H2,26,28,31). The third-order valence-electron chi connectivity index (χ3n) is 5.55. The Kier molecular flexibility index (Phi) is 5.33. The predicted molar refractivity (Wildman–Crippen MR) is 128 cm³/mol. The number of rotatable bonds is 4. The van der Waals surface area contributed by atoms with Crippen molar-refractivity contribution < 1.29 is 9.53 Å². The fraction of sp³-hybridized carbons (Fsp3) is 0.167. The minimum atomic E-state index is -0.326.